The molecule has 4 nitrogen and oxygen atoms in total. The molecule has 2 aromatic heterocycles. The Morgan fingerprint density at radius 2 is 1.85 bits per heavy atom. The lowest BCUT2D eigenvalue weighted by Gasteiger charge is -2.10. The number of rotatable bonds is 1. The van der Waals surface area contributed by atoms with Gasteiger partial charge in [-0.3, -0.25) is 0 Å². The van der Waals surface area contributed by atoms with Crippen molar-refractivity contribution in [2.75, 3.05) is 0 Å². The van der Waals surface area contributed by atoms with Crippen LogP contribution in [0.2, 0.25) is 0 Å². The van der Waals surface area contributed by atoms with Crippen molar-refractivity contribution in [3.8, 4) is 11.3 Å². The molecular weight excluding hydrogens is 276 g/mol. The number of aromatic amines is 1. The molecule has 3 aromatic rings. The molecule has 0 aliphatic rings. The maximum Gasteiger partial charge on any atom is 0.419 e. The molecule has 0 aliphatic carbocycles. The average molecular weight is 282 g/mol. The molecular formula is C12H6F4N4. The summed E-state index contributed by atoms with van der Waals surface area (Å²) in [5, 5.41) is 0. The summed E-state index contributed by atoms with van der Waals surface area (Å²) in [5.41, 5.74) is -0.241. The van der Waals surface area contributed by atoms with Crippen molar-refractivity contribution in [2.24, 2.45) is 0 Å². The number of imidazole rings is 1. The smallest absolute Gasteiger partial charge is 0.341 e. The van der Waals surface area contributed by atoms with E-state index < -0.39 is 17.6 Å². The van der Waals surface area contributed by atoms with Gasteiger partial charge < -0.3 is 4.98 Å². The van der Waals surface area contributed by atoms with Crippen LogP contribution < -0.4 is 0 Å². The van der Waals surface area contributed by atoms with Gasteiger partial charge in [-0.25, -0.2) is 19.3 Å². The predicted octanol–water partition coefficient (Wildman–Crippen LogP) is 3.18. The molecule has 8 heteroatoms. The van der Waals surface area contributed by atoms with Crippen LogP contribution in [0.4, 0.5) is 17.6 Å². The van der Waals surface area contributed by atoms with Crippen molar-refractivity contribution < 1.29 is 17.6 Å². The standard InChI is InChI=1S/C12H6F4N4/c13-8-2-1-6(3-7(8)12(14,15)16)9-10-11(19-4-17-9)20-5-18-10/h1-5H,(H,17,18,19,20). The molecule has 0 aliphatic heterocycles. The highest BCUT2D eigenvalue weighted by molar-refractivity contribution is 5.86. The van der Waals surface area contributed by atoms with E-state index in [0.717, 1.165) is 12.1 Å². The van der Waals surface area contributed by atoms with E-state index in [4.69, 9.17) is 0 Å². The lowest BCUT2D eigenvalue weighted by molar-refractivity contribution is -0.139. The number of nitrogens with zero attached hydrogens (tertiary/aromatic N) is 3. The fourth-order valence-electron chi connectivity index (χ4n) is 1.87. The van der Waals surface area contributed by atoms with Crippen LogP contribution in [0.3, 0.4) is 0 Å². The molecule has 0 saturated heterocycles. The molecule has 1 aromatic carbocycles. The number of fused-ring (bicyclic) bond motifs is 1. The van der Waals surface area contributed by atoms with E-state index in [-0.39, 0.29) is 11.3 Å². The zero-order valence-electron chi connectivity index (χ0n) is 9.74. The summed E-state index contributed by atoms with van der Waals surface area (Å²) in [6.07, 6.45) is -2.22. The SMILES string of the molecule is Fc1ccc(-c2ncnc3nc[nH]c23)cc1C(F)(F)F. The van der Waals surface area contributed by atoms with E-state index in [1.807, 2.05) is 0 Å². The lowest BCUT2D eigenvalue weighted by Crippen LogP contribution is -2.08. The first-order chi connectivity index (χ1) is 9.47. The Hall–Kier alpha value is -2.51. The first kappa shape index (κ1) is 12.5. The third-order valence-electron chi connectivity index (χ3n) is 2.77. The maximum atomic E-state index is 13.3. The minimum absolute atomic E-state index is 0.135. The van der Waals surface area contributed by atoms with E-state index in [1.165, 1.54) is 18.7 Å². The van der Waals surface area contributed by atoms with Crippen molar-refractivity contribution >= 4 is 11.2 Å². The van der Waals surface area contributed by atoms with Gasteiger partial charge in [0.15, 0.2) is 5.65 Å². The zero-order chi connectivity index (χ0) is 14.3. The highest BCUT2D eigenvalue weighted by atomic mass is 19.4. The third kappa shape index (κ3) is 1.98. The molecule has 20 heavy (non-hydrogen) atoms. The Labute approximate surface area is 109 Å². The molecule has 0 saturated carbocycles. The van der Waals surface area contributed by atoms with Crippen molar-refractivity contribution in [3.05, 3.63) is 42.2 Å². The van der Waals surface area contributed by atoms with Gasteiger partial charge in [0.2, 0.25) is 0 Å². The molecule has 0 amide bonds. The van der Waals surface area contributed by atoms with E-state index in [1.54, 1.807) is 0 Å². The Balaban J connectivity index is 2.23. The van der Waals surface area contributed by atoms with E-state index in [9.17, 15) is 17.6 Å². The van der Waals surface area contributed by atoms with Crippen molar-refractivity contribution in [1.82, 2.24) is 19.9 Å². The average Bonchev–Trinajstić information content (AvgIpc) is 2.86. The van der Waals surface area contributed by atoms with Crippen molar-refractivity contribution in [1.29, 1.82) is 0 Å². The van der Waals surface area contributed by atoms with Gasteiger partial charge in [-0.15, -0.1) is 0 Å². The number of nitrogens with one attached hydrogen (secondary N) is 1. The Morgan fingerprint density at radius 1 is 1.05 bits per heavy atom. The van der Waals surface area contributed by atoms with Gasteiger partial charge in [0, 0.05) is 5.56 Å². The summed E-state index contributed by atoms with van der Waals surface area (Å²) in [6.45, 7) is 0. The minimum atomic E-state index is -4.76. The van der Waals surface area contributed by atoms with Crippen molar-refractivity contribution in [2.45, 2.75) is 6.18 Å². The number of aromatic nitrogens is 4. The summed E-state index contributed by atoms with van der Waals surface area (Å²) < 4.78 is 51.4. The van der Waals surface area contributed by atoms with Gasteiger partial charge in [0.1, 0.15) is 17.7 Å². The Bertz CT molecular complexity index is 778. The predicted molar refractivity (Wildman–Crippen MR) is 62.1 cm³/mol. The van der Waals surface area contributed by atoms with Gasteiger partial charge in [-0.1, -0.05) is 0 Å². The van der Waals surface area contributed by atoms with Crippen LogP contribution in [-0.4, -0.2) is 19.9 Å². The van der Waals surface area contributed by atoms with Crippen LogP contribution in [0, 0.1) is 5.82 Å². The van der Waals surface area contributed by atoms with Crippen molar-refractivity contribution in [3.63, 3.8) is 0 Å². The molecule has 1 N–H and O–H groups in total. The summed E-state index contributed by atoms with van der Waals surface area (Å²) in [4.78, 5) is 14.4. The fraction of sp³-hybridized carbons (Fsp3) is 0.0833. The van der Waals surface area contributed by atoms with Gasteiger partial charge >= 0.3 is 6.18 Å². The number of benzene rings is 1. The molecule has 102 valence electrons. The van der Waals surface area contributed by atoms with Gasteiger partial charge in [-0.05, 0) is 18.2 Å². The minimum Gasteiger partial charge on any atom is -0.341 e. The molecule has 0 spiro atoms. The first-order valence-electron chi connectivity index (χ1n) is 5.48. The number of hydrogen-bond donors (Lipinski definition) is 1. The highest BCUT2D eigenvalue weighted by Gasteiger charge is 2.34. The molecule has 0 radical (unpaired) electrons. The van der Waals surface area contributed by atoms with Gasteiger partial charge in [-0.2, -0.15) is 13.2 Å². The Kier molecular flexibility index (Phi) is 2.66. The monoisotopic (exact) mass is 282 g/mol. The molecule has 2 heterocycles. The van der Waals surface area contributed by atoms with Crippen LogP contribution in [0.25, 0.3) is 22.4 Å². The summed E-state index contributed by atoms with van der Waals surface area (Å²) in [7, 11) is 0. The van der Waals surface area contributed by atoms with Crippen LogP contribution in [-0.2, 0) is 6.18 Å². The molecule has 0 fully saturated rings. The molecule has 0 unspecified atom stereocenters. The first-order valence-corrected chi connectivity index (χ1v) is 5.48. The van der Waals surface area contributed by atoms with E-state index >= 15 is 0 Å². The number of alkyl halides is 3. The third-order valence-corrected chi connectivity index (χ3v) is 2.77. The van der Waals surface area contributed by atoms with Crippen LogP contribution in [0.5, 0.6) is 0 Å². The topological polar surface area (TPSA) is 54.5 Å². The maximum absolute atomic E-state index is 13.3. The number of H-pyrrole nitrogens is 1. The molecule has 0 bridgehead atoms. The highest BCUT2D eigenvalue weighted by Crippen LogP contribution is 2.34. The Morgan fingerprint density at radius 3 is 2.60 bits per heavy atom. The van der Waals surface area contributed by atoms with Crippen LogP contribution >= 0.6 is 0 Å². The van der Waals surface area contributed by atoms with E-state index in [0.29, 0.717) is 11.2 Å². The zero-order valence-corrected chi connectivity index (χ0v) is 9.74. The van der Waals surface area contributed by atoms with Crippen LogP contribution in [0.1, 0.15) is 5.56 Å². The second-order valence-electron chi connectivity index (χ2n) is 4.02. The van der Waals surface area contributed by atoms with Gasteiger partial charge in [0.25, 0.3) is 0 Å². The number of halogens is 4. The second-order valence-corrected chi connectivity index (χ2v) is 4.02. The second kappa shape index (κ2) is 4.26. The normalized spacial score (nSPS) is 12.0. The quantitative estimate of drug-likeness (QED) is 0.697. The van der Waals surface area contributed by atoms with Crippen LogP contribution in [0.15, 0.2) is 30.9 Å². The lowest BCUT2D eigenvalue weighted by atomic mass is 10.1. The molecule has 3 rings (SSSR count). The largest absolute Gasteiger partial charge is 0.419 e. The van der Waals surface area contributed by atoms with Gasteiger partial charge in [0.05, 0.1) is 17.6 Å². The fourth-order valence-corrected chi connectivity index (χ4v) is 1.87. The molecule has 0 atom stereocenters. The summed E-state index contributed by atoms with van der Waals surface area (Å²) >= 11 is 0. The summed E-state index contributed by atoms with van der Waals surface area (Å²) in [6, 6.07) is 2.72. The summed E-state index contributed by atoms with van der Waals surface area (Å²) in [5.74, 6) is -1.32. The van der Waals surface area contributed by atoms with E-state index in [2.05, 4.69) is 19.9 Å². The number of hydrogen-bond acceptors (Lipinski definition) is 3.